The molecule has 0 amide bonds. The molecular formula is C27H44O2. The van der Waals surface area contributed by atoms with Crippen molar-refractivity contribution < 1.29 is 11.6 Å². The summed E-state index contributed by atoms with van der Waals surface area (Å²) in [6.45, 7) is 13.7. The Labute approximate surface area is 182 Å². The van der Waals surface area contributed by atoms with Crippen molar-refractivity contribution in [1.82, 2.24) is 0 Å². The predicted molar refractivity (Wildman–Crippen MR) is 123 cm³/mol. The zero-order valence-electron chi connectivity index (χ0n) is 21.2. The first-order valence-corrected chi connectivity index (χ1v) is 12.0. The van der Waals surface area contributed by atoms with Crippen LogP contribution in [0.2, 0.25) is 0 Å². The number of hydrogen-bond acceptors (Lipinski definition) is 2. The third-order valence-electron chi connectivity index (χ3n) is 8.29. The van der Waals surface area contributed by atoms with Crippen LogP contribution in [-0.2, 0) is 0 Å². The van der Waals surface area contributed by atoms with Crippen molar-refractivity contribution in [1.29, 1.82) is 1.43 Å². The van der Waals surface area contributed by atoms with E-state index >= 15 is 0 Å². The Bertz CT molecular complexity index is 712. The lowest BCUT2D eigenvalue weighted by Gasteiger charge is -2.44. The first kappa shape index (κ1) is 20.1. The first-order valence-electron chi connectivity index (χ1n) is 12.9. The zero-order chi connectivity index (χ0) is 22.8. The molecule has 164 valence electrons. The monoisotopic (exact) mass is 402 g/mol. The number of hydrogen-bond donors (Lipinski definition) is 2. The van der Waals surface area contributed by atoms with Crippen LogP contribution in [-0.4, -0.2) is 23.8 Å². The van der Waals surface area contributed by atoms with Crippen molar-refractivity contribution in [3.8, 4) is 0 Å². The molecule has 0 aromatic rings. The fraction of sp³-hybridized carbons (Fsp3) is 0.778. The van der Waals surface area contributed by atoms with Crippen LogP contribution in [0.25, 0.3) is 0 Å². The number of fused-ring (bicyclic) bond motifs is 1. The largest absolute Gasteiger partial charge is 0.393 e. The van der Waals surface area contributed by atoms with Gasteiger partial charge < -0.3 is 10.2 Å². The number of aliphatic hydroxyl groups excluding tert-OH is 1. The molecule has 0 aromatic carbocycles. The Morgan fingerprint density at radius 1 is 1.28 bits per heavy atom. The Morgan fingerprint density at radius 3 is 2.79 bits per heavy atom. The van der Waals surface area contributed by atoms with E-state index in [0.29, 0.717) is 23.3 Å². The standard InChI is InChI=1S/C27H44O2/c1-18(2)8-6-9-19(3)24-13-14-25-21(10-7-15-27(24,25)5)11-12-22-16-23(28)17-26(29)20(22)4/h11-12,18-19,23-26,28-29H,4,6-10,13-17H2,1-3,5H3/b21-11?,22-12-/t19-,23-,24-,25?,26?,27-/m1/s1/i23D,28D. The molecule has 0 aliphatic heterocycles. The second-order valence-corrected chi connectivity index (χ2v) is 10.8. The molecule has 0 spiro atoms. The summed E-state index contributed by atoms with van der Waals surface area (Å²) in [6, 6.07) is 0. The van der Waals surface area contributed by atoms with Crippen LogP contribution in [0.1, 0.15) is 93.3 Å². The van der Waals surface area contributed by atoms with E-state index in [2.05, 4.69) is 51.5 Å². The van der Waals surface area contributed by atoms with E-state index < -0.39 is 12.2 Å². The third-order valence-corrected chi connectivity index (χ3v) is 8.29. The van der Waals surface area contributed by atoms with Gasteiger partial charge in [0, 0.05) is 6.42 Å². The Kier molecular flexibility index (Phi) is 6.59. The van der Waals surface area contributed by atoms with E-state index in [4.69, 9.17) is 2.80 Å². The van der Waals surface area contributed by atoms with E-state index in [1.165, 1.54) is 50.5 Å². The van der Waals surface area contributed by atoms with Gasteiger partial charge in [-0.05, 0) is 78.8 Å². The number of aliphatic hydroxyl groups is 2. The summed E-state index contributed by atoms with van der Waals surface area (Å²) >= 11 is 0. The highest BCUT2D eigenvalue weighted by atomic mass is 16.3. The maximum absolute atomic E-state index is 10.3. The fourth-order valence-electron chi connectivity index (χ4n) is 6.59. The van der Waals surface area contributed by atoms with Gasteiger partial charge in [0.05, 0.1) is 13.6 Å². The molecule has 2 unspecified atom stereocenters. The Morgan fingerprint density at radius 2 is 2.07 bits per heavy atom. The van der Waals surface area contributed by atoms with Crippen LogP contribution in [0, 0.1) is 29.1 Å². The number of rotatable bonds is 7. The van der Waals surface area contributed by atoms with Crippen molar-refractivity contribution in [2.24, 2.45) is 29.1 Å². The second-order valence-electron chi connectivity index (χ2n) is 10.8. The highest BCUT2D eigenvalue weighted by Crippen LogP contribution is 2.59. The molecule has 3 saturated carbocycles. The maximum Gasteiger partial charge on any atom is 0.210 e. The summed E-state index contributed by atoms with van der Waals surface area (Å²) in [4.78, 5) is 0. The normalized spacial score (nSPS) is 42.8. The summed E-state index contributed by atoms with van der Waals surface area (Å²) in [6.07, 6.45) is 13.0. The van der Waals surface area contributed by atoms with Gasteiger partial charge in [-0.2, -0.15) is 0 Å². The first-order chi connectivity index (χ1) is 14.6. The van der Waals surface area contributed by atoms with Gasteiger partial charge in [0.2, 0.25) is 1.43 Å². The lowest BCUT2D eigenvalue weighted by atomic mass is 9.60. The summed E-state index contributed by atoms with van der Waals surface area (Å²) in [5.74, 6) is 3.04. The van der Waals surface area contributed by atoms with Crippen molar-refractivity contribution in [3.05, 3.63) is 35.5 Å². The molecule has 0 heterocycles. The molecule has 2 N–H and O–H groups in total. The molecule has 3 aliphatic rings. The minimum absolute atomic E-state index is 0.111. The average Bonchev–Trinajstić information content (AvgIpc) is 3.07. The van der Waals surface area contributed by atoms with Gasteiger partial charge in [-0.3, -0.25) is 0 Å². The van der Waals surface area contributed by atoms with E-state index in [-0.39, 0.29) is 6.42 Å². The molecule has 0 saturated heterocycles. The topological polar surface area (TPSA) is 40.5 Å². The van der Waals surface area contributed by atoms with Crippen molar-refractivity contribution in [3.63, 3.8) is 0 Å². The number of allylic oxidation sites excluding steroid dienone is 3. The van der Waals surface area contributed by atoms with Crippen molar-refractivity contribution in [2.75, 3.05) is 0 Å². The second kappa shape index (κ2) is 9.52. The SMILES string of the molecule is [2H]O[C@]1([2H])C/C(=C/C=C2CCC[C@@]3(C)C2CC[C@@H]3[C@H](C)CCCC(C)C)C(=C)C(O)C1. The van der Waals surface area contributed by atoms with Crippen LogP contribution in [0.5, 0.6) is 0 Å². The van der Waals surface area contributed by atoms with Gasteiger partial charge in [0.25, 0.3) is 0 Å². The molecule has 3 aliphatic carbocycles. The van der Waals surface area contributed by atoms with E-state index in [0.717, 1.165) is 29.7 Å². The minimum atomic E-state index is -1.38. The minimum Gasteiger partial charge on any atom is -0.393 e. The summed E-state index contributed by atoms with van der Waals surface area (Å²) in [5.41, 5.74) is 3.47. The van der Waals surface area contributed by atoms with Gasteiger partial charge in [-0.25, -0.2) is 0 Å². The zero-order valence-corrected chi connectivity index (χ0v) is 19.2. The molecule has 3 fully saturated rings. The van der Waals surface area contributed by atoms with E-state index in [9.17, 15) is 5.11 Å². The van der Waals surface area contributed by atoms with Crippen LogP contribution < -0.4 is 0 Å². The summed E-state index contributed by atoms with van der Waals surface area (Å²) in [7, 11) is 0. The lowest BCUT2D eigenvalue weighted by molar-refractivity contribution is 0.0861. The maximum atomic E-state index is 10.3. The fourth-order valence-corrected chi connectivity index (χ4v) is 6.59. The van der Waals surface area contributed by atoms with E-state index in [1.54, 1.807) is 0 Å². The predicted octanol–water partition coefficient (Wildman–Crippen LogP) is 6.59. The molecule has 29 heavy (non-hydrogen) atoms. The summed E-state index contributed by atoms with van der Waals surface area (Å²) in [5, 5.41) is 14.9. The van der Waals surface area contributed by atoms with Gasteiger partial charge in [-0.15, -0.1) is 0 Å². The van der Waals surface area contributed by atoms with Crippen LogP contribution in [0.3, 0.4) is 0 Å². The van der Waals surface area contributed by atoms with Crippen LogP contribution in [0.15, 0.2) is 35.5 Å². The molecule has 0 bridgehead atoms. The van der Waals surface area contributed by atoms with Gasteiger partial charge in [0.15, 0.2) is 0 Å². The molecule has 0 aromatic heterocycles. The van der Waals surface area contributed by atoms with Crippen molar-refractivity contribution in [2.45, 2.75) is 104 Å². The van der Waals surface area contributed by atoms with Gasteiger partial charge in [0.1, 0.15) is 0 Å². The molecule has 3 rings (SSSR count). The van der Waals surface area contributed by atoms with Crippen molar-refractivity contribution >= 4 is 0 Å². The average molecular weight is 403 g/mol. The molecule has 0 radical (unpaired) electrons. The molecular weight excluding hydrogens is 356 g/mol. The van der Waals surface area contributed by atoms with E-state index in [1.807, 2.05) is 0 Å². The smallest absolute Gasteiger partial charge is 0.210 e. The van der Waals surface area contributed by atoms with Gasteiger partial charge >= 0.3 is 0 Å². The lowest BCUT2D eigenvalue weighted by Crippen LogP contribution is -2.36. The Hall–Kier alpha value is -0.860. The third kappa shape index (κ3) is 5.07. The van der Waals surface area contributed by atoms with Gasteiger partial charge in [-0.1, -0.05) is 71.3 Å². The van der Waals surface area contributed by atoms with Crippen LogP contribution in [0.4, 0.5) is 0 Å². The quantitative estimate of drug-likeness (QED) is 0.504. The molecule has 6 atom stereocenters. The van der Waals surface area contributed by atoms with Crippen LogP contribution >= 0.6 is 0 Å². The Balaban J connectivity index is 1.74. The highest BCUT2D eigenvalue weighted by molar-refractivity contribution is 5.38. The summed E-state index contributed by atoms with van der Waals surface area (Å²) < 4.78 is 15.5. The molecule has 2 nitrogen and oxygen atoms in total. The molecule has 2 heteroatoms. The highest BCUT2D eigenvalue weighted by Gasteiger charge is 2.50.